The Morgan fingerprint density at radius 1 is 1.54 bits per heavy atom. The zero-order valence-electron chi connectivity index (χ0n) is 7.87. The minimum atomic E-state index is -0.878. The molecule has 0 unspecified atom stereocenters. The van der Waals surface area contributed by atoms with E-state index in [9.17, 15) is 4.79 Å². The van der Waals surface area contributed by atoms with Gasteiger partial charge in [-0.2, -0.15) is 0 Å². The van der Waals surface area contributed by atoms with Crippen molar-refractivity contribution >= 4 is 33.2 Å². The number of hydrogen-bond acceptors (Lipinski definition) is 2. The molecule has 0 aliphatic rings. The Bertz CT molecular complexity index is 266. The molecule has 1 heterocycles. The third-order valence-corrected chi connectivity index (χ3v) is 2.64. The molecule has 0 radical (unpaired) electrons. The Hall–Kier alpha value is -0.350. The van der Waals surface area contributed by atoms with E-state index in [0.29, 0.717) is 9.35 Å². The van der Waals surface area contributed by atoms with Crippen LogP contribution in [-0.4, -0.2) is 11.1 Å². The molecule has 0 saturated heterocycles. The first-order valence-electron chi connectivity index (χ1n) is 3.91. The molecule has 0 aliphatic heterocycles. The Labute approximate surface area is 90.7 Å². The highest BCUT2D eigenvalue weighted by atomic mass is 79.9. The number of rotatable bonds is 1. The second-order valence-corrected chi connectivity index (χ2v) is 4.91. The monoisotopic (exact) mass is 264 g/mol. The number of hydrogen-bond donors (Lipinski definition) is 1. The predicted molar refractivity (Wildman–Crippen MR) is 59.5 cm³/mol. The zero-order valence-corrected chi connectivity index (χ0v) is 10.3. The quantitative estimate of drug-likeness (QED) is 0.836. The molecule has 0 saturated carbocycles. The summed E-state index contributed by atoms with van der Waals surface area (Å²) in [6.45, 7) is 6.50. The number of carboxylic acid groups (broad SMARTS) is 1. The second kappa shape index (κ2) is 6.16. The third-order valence-electron chi connectivity index (χ3n) is 0.811. The van der Waals surface area contributed by atoms with Crippen molar-refractivity contribution in [1.29, 1.82) is 0 Å². The highest BCUT2D eigenvalue weighted by Gasteiger charge is 2.07. The molecular weight excluding hydrogens is 252 g/mol. The van der Waals surface area contributed by atoms with Crippen LogP contribution in [0, 0.1) is 5.92 Å². The second-order valence-electron chi connectivity index (χ2n) is 3.13. The molecule has 4 heteroatoms. The molecule has 0 spiro atoms. The zero-order chi connectivity index (χ0) is 10.4. The van der Waals surface area contributed by atoms with Crippen LogP contribution in [0.2, 0.25) is 0 Å². The molecule has 0 aliphatic carbocycles. The number of thiophene rings is 1. The van der Waals surface area contributed by atoms with E-state index in [0.717, 1.165) is 5.92 Å². The molecule has 1 N–H and O–H groups in total. The van der Waals surface area contributed by atoms with Crippen molar-refractivity contribution in [1.82, 2.24) is 0 Å². The van der Waals surface area contributed by atoms with Crippen molar-refractivity contribution in [2.45, 2.75) is 20.8 Å². The van der Waals surface area contributed by atoms with E-state index >= 15 is 0 Å². The molecule has 0 amide bonds. The molecule has 2 nitrogen and oxygen atoms in total. The number of carbonyl (C=O) groups is 1. The minimum Gasteiger partial charge on any atom is -0.477 e. The van der Waals surface area contributed by atoms with Gasteiger partial charge in [0.15, 0.2) is 0 Å². The minimum absolute atomic E-state index is 0.356. The smallest absolute Gasteiger partial charge is 0.347 e. The van der Waals surface area contributed by atoms with Crippen LogP contribution in [0.15, 0.2) is 15.9 Å². The summed E-state index contributed by atoms with van der Waals surface area (Å²) < 4.78 is 0.653. The maximum Gasteiger partial charge on any atom is 0.347 e. The summed E-state index contributed by atoms with van der Waals surface area (Å²) in [6.07, 6.45) is 0. The summed E-state index contributed by atoms with van der Waals surface area (Å²) >= 11 is 4.31. The fraction of sp³-hybridized carbons (Fsp3) is 0.444. The number of halogens is 1. The molecule has 13 heavy (non-hydrogen) atoms. The topological polar surface area (TPSA) is 37.3 Å². The van der Waals surface area contributed by atoms with Gasteiger partial charge in [0, 0.05) is 4.47 Å². The van der Waals surface area contributed by atoms with Gasteiger partial charge in [-0.05, 0) is 33.3 Å². The first kappa shape index (κ1) is 12.7. The highest BCUT2D eigenvalue weighted by Crippen LogP contribution is 2.21. The summed E-state index contributed by atoms with van der Waals surface area (Å²) in [5, 5.41) is 10.2. The molecule has 1 aromatic heterocycles. The molecular formula is C9H13BrO2S. The van der Waals surface area contributed by atoms with Gasteiger partial charge < -0.3 is 5.11 Å². The van der Waals surface area contributed by atoms with Gasteiger partial charge in [0.1, 0.15) is 4.88 Å². The molecule has 74 valence electrons. The van der Waals surface area contributed by atoms with Crippen LogP contribution in [0.5, 0.6) is 0 Å². The normalized spacial score (nSPS) is 9.31. The SMILES string of the molecule is CC(C)C.O=C(O)c1sccc1Br. The Morgan fingerprint density at radius 3 is 2.15 bits per heavy atom. The largest absolute Gasteiger partial charge is 0.477 e. The molecule has 1 aromatic rings. The molecule has 0 aromatic carbocycles. The molecule has 1 rings (SSSR count). The maximum atomic E-state index is 10.3. The lowest BCUT2D eigenvalue weighted by atomic mass is 10.3. The van der Waals surface area contributed by atoms with Crippen LogP contribution < -0.4 is 0 Å². The van der Waals surface area contributed by atoms with Gasteiger partial charge >= 0.3 is 5.97 Å². The van der Waals surface area contributed by atoms with Gasteiger partial charge in [-0.15, -0.1) is 11.3 Å². The van der Waals surface area contributed by atoms with Crippen molar-refractivity contribution in [3.63, 3.8) is 0 Å². The first-order chi connectivity index (χ1) is 5.95. The van der Waals surface area contributed by atoms with Crippen molar-refractivity contribution in [2.24, 2.45) is 5.92 Å². The van der Waals surface area contributed by atoms with Crippen molar-refractivity contribution in [2.75, 3.05) is 0 Å². The summed E-state index contributed by atoms with van der Waals surface area (Å²) in [5.74, 6) is -0.0446. The lowest BCUT2D eigenvalue weighted by molar-refractivity contribution is 0.0701. The van der Waals surface area contributed by atoms with Crippen molar-refractivity contribution < 1.29 is 9.90 Å². The van der Waals surface area contributed by atoms with Gasteiger partial charge in [0.2, 0.25) is 0 Å². The van der Waals surface area contributed by atoms with E-state index in [2.05, 4.69) is 36.7 Å². The van der Waals surface area contributed by atoms with Crippen LogP contribution >= 0.6 is 27.3 Å². The van der Waals surface area contributed by atoms with Gasteiger partial charge in [-0.3, -0.25) is 0 Å². The molecule has 0 bridgehead atoms. The van der Waals surface area contributed by atoms with Gasteiger partial charge in [0.25, 0.3) is 0 Å². The van der Waals surface area contributed by atoms with Crippen LogP contribution in [0.25, 0.3) is 0 Å². The Balaban J connectivity index is 0.000000310. The van der Waals surface area contributed by atoms with E-state index in [4.69, 9.17) is 5.11 Å². The first-order valence-corrected chi connectivity index (χ1v) is 5.58. The molecule has 0 atom stereocenters. The average Bonchev–Trinajstić information content (AvgIpc) is 2.33. The summed E-state index contributed by atoms with van der Waals surface area (Å²) in [4.78, 5) is 10.6. The van der Waals surface area contributed by atoms with Crippen LogP contribution in [0.3, 0.4) is 0 Å². The molecule has 0 fully saturated rings. The van der Waals surface area contributed by atoms with Crippen LogP contribution in [-0.2, 0) is 0 Å². The van der Waals surface area contributed by atoms with Gasteiger partial charge in [-0.25, -0.2) is 4.79 Å². The lowest BCUT2D eigenvalue weighted by Gasteiger charge is -1.84. The fourth-order valence-corrected chi connectivity index (χ4v) is 1.83. The van der Waals surface area contributed by atoms with Gasteiger partial charge in [0.05, 0.1) is 0 Å². The number of carboxylic acids is 1. The van der Waals surface area contributed by atoms with Crippen molar-refractivity contribution in [3.8, 4) is 0 Å². The predicted octanol–water partition coefficient (Wildman–Crippen LogP) is 3.87. The van der Waals surface area contributed by atoms with E-state index in [1.165, 1.54) is 11.3 Å². The van der Waals surface area contributed by atoms with Crippen molar-refractivity contribution in [3.05, 3.63) is 20.8 Å². The fourth-order valence-electron chi connectivity index (χ4n) is 0.446. The summed E-state index contributed by atoms with van der Waals surface area (Å²) in [7, 11) is 0. The standard InChI is InChI=1S/C5H3BrO2S.C4H10/c6-3-1-2-9-4(3)5(7)8;1-4(2)3/h1-2H,(H,7,8);4H,1-3H3. The Morgan fingerprint density at radius 2 is 2.00 bits per heavy atom. The van der Waals surface area contributed by atoms with E-state index in [1.54, 1.807) is 11.4 Å². The number of aromatic carboxylic acids is 1. The Kier molecular flexibility index (Phi) is 5.99. The lowest BCUT2D eigenvalue weighted by Crippen LogP contribution is -1.91. The average molecular weight is 265 g/mol. The summed E-state index contributed by atoms with van der Waals surface area (Å²) in [5.41, 5.74) is 0. The maximum absolute atomic E-state index is 10.3. The third kappa shape index (κ3) is 5.82. The van der Waals surface area contributed by atoms with E-state index in [-0.39, 0.29) is 0 Å². The van der Waals surface area contributed by atoms with Crippen LogP contribution in [0.1, 0.15) is 30.4 Å². The van der Waals surface area contributed by atoms with Gasteiger partial charge in [-0.1, -0.05) is 20.8 Å². The summed E-state index contributed by atoms with van der Waals surface area (Å²) in [6, 6.07) is 1.72. The van der Waals surface area contributed by atoms with E-state index < -0.39 is 5.97 Å². The van der Waals surface area contributed by atoms with Crippen LogP contribution in [0.4, 0.5) is 0 Å². The van der Waals surface area contributed by atoms with E-state index in [1.807, 2.05) is 0 Å². The highest BCUT2D eigenvalue weighted by molar-refractivity contribution is 9.10.